The van der Waals surface area contributed by atoms with Crippen molar-refractivity contribution in [3.63, 3.8) is 0 Å². The first kappa shape index (κ1) is 20.8. The van der Waals surface area contributed by atoms with Gasteiger partial charge in [0.1, 0.15) is 4.21 Å². The smallest absolute Gasteiger partial charge is 0.274 e. The van der Waals surface area contributed by atoms with E-state index >= 15 is 0 Å². The highest BCUT2D eigenvalue weighted by Gasteiger charge is 2.34. The van der Waals surface area contributed by atoms with Gasteiger partial charge in [0.2, 0.25) is 5.91 Å². The Hall–Kier alpha value is -2.45. The number of sulfonamides is 1. The van der Waals surface area contributed by atoms with Crippen molar-refractivity contribution in [2.45, 2.75) is 43.9 Å². The molecule has 8 heteroatoms. The molecule has 1 aliphatic carbocycles. The predicted molar refractivity (Wildman–Crippen MR) is 118 cm³/mol. The highest BCUT2D eigenvalue weighted by Crippen LogP contribution is 2.37. The van der Waals surface area contributed by atoms with E-state index in [1.165, 1.54) is 11.3 Å². The van der Waals surface area contributed by atoms with Crippen LogP contribution in [0, 0.1) is 11.8 Å². The number of carbonyl (C=O) groups excluding carboxylic acids is 1. The second kappa shape index (κ2) is 8.35. The fraction of sp³-hybridized carbons (Fsp3) is 0.364. The Bertz CT molecular complexity index is 1140. The molecule has 1 N–H and O–H groups in total. The molecule has 0 spiro atoms. The van der Waals surface area contributed by atoms with Crippen LogP contribution in [0.2, 0.25) is 0 Å². The number of benzene rings is 1. The summed E-state index contributed by atoms with van der Waals surface area (Å²) < 4.78 is 30.6. The van der Waals surface area contributed by atoms with Gasteiger partial charge in [-0.2, -0.15) is 0 Å². The van der Waals surface area contributed by atoms with E-state index in [-0.39, 0.29) is 10.1 Å². The van der Waals surface area contributed by atoms with Crippen LogP contribution in [0.15, 0.2) is 53.3 Å². The quantitative estimate of drug-likeness (QED) is 0.569. The molecule has 0 atom stereocenters. The standard InChI is InChI=1S/C22H25N3O3S2/c1-15(2)10-19-12-20(22(29-19)30(27,28)24-21(26)17-6-7-17)18-5-3-4-16(11-18)13-25-9-8-23-14-25/h3-5,8-9,11-12,14-15,17H,6-7,10,13H2,1-2H3,(H,24,26). The van der Waals surface area contributed by atoms with Crippen LogP contribution in [0.3, 0.4) is 0 Å². The van der Waals surface area contributed by atoms with E-state index in [1.54, 1.807) is 12.5 Å². The van der Waals surface area contributed by atoms with Crippen LogP contribution >= 0.6 is 11.3 Å². The second-order valence-electron chi connectivity index (χ2n) is 8.19. The zero-order valence-electron chi connectivity index (χ0n) is 17.0. The fourth-order valence-electron chi connectivity index (χ4n) is 3.36. The fourth-order valence-corrected chi connectivity index (χ4v) is 6.36. The summed E-state index contributed by atoms with van der Waals surface area (Å²) in [6.07, 6.45) is 7.68. The third-order valence-corrected chi connectivity index (χ3v) is 7.99. The average molecular weight is 444 g/mol. The molecule has 0 unspecified atom stereocenters. The summed E-state index contributed by atoms with van der Waals surface area (Å²) in [4.78, 5) is 17.2. The minimum atomic E-state index is -3.92. The van der Waals surface area contributed by atoms with Gasteiger partial charge in [0, 0.05) is 35.3 Å². The van der Waals surface area contributed by atoms with E-state index in [1.807, 2.05) is 41.1 Å². The Morgan fingerprint density at radius 2 is 2.10 bits per heavy atom. The molecule has 1 aliphatic rings. The van der Waals surface area contributed by atoms with Crippen molar-refractivity contribution in [1.29, 1.82) is 0 Å². The lowest BCUT2D eigenvalue weighted by atomic mass is 10.0. The van der Waals surface area contributed by atoms with E-state index in [0.717, 1.165) is 35.3 Å². The monoisotopic (exact) mass is 443 g/mol. The van der Waals surface area contributed by atoms with E-state index in [4.69, 9.17) is 0 Å². The third-order valence-electron chi connectivity index (χ3n) is 4.95. The zero-order chi connectivity index (χ0) is 21.3. The number of nitrogens with one attached hydrogen (secondary N) is 1. The van der Waals surface area contributed by atoms with Gasteiger partial charge in [-0.15, -0.1) is 11.3 Å². The van der Waals surface area contributed by atoms with Crippen LogP contribution in [-0.2, 0) is 27.8 Å². The topological polar surface area (TPSA) is 81.1 Å². The number of nitrogens with zero attached hydrogens (tertiary/aromatic N) is 2. The second-order valence-corrected chi connectivity index (χ2v) is 11.2. The summed E-state index contributed by atoms with van der Waals surface area (Å²) in [7, 11) is -3.92. The maximum Gasteiger partial charge on any atom is 0.274 e. The molecule has 2 heterocycles. The van der Waals surface area contributed by atoms with Crippen molar-refractivity contribution < 1.29 is 13.2 Å². The molecule has 0 radical (unpaired) electrons. The minimum Gasteiger partial charge on any atom is -0.333 e. The van der Waals surface area contributed by atoms with Gasteiger partial charge in [0.15, 0.2) is 0 Å². The van der Waals surface area contributed by atoms with Gasteiger partial charge < -0.3 is 4.57 Å². The Balaban J connectivity index is 1.71. The largest absolute Gasteiger partial charge is 0.333 e. The maximum absolute atomic E-state index is 13.1. The van der Waals surface area contributed by atoms with Gasteiger partial charge in [-0.3, -0.25) is 4.79 Å². The lowest BCUT2D eigenvalue weighted by Crippen LogP contribution is -2.31. The molecule has 0 bridgehead atoms. The summed E-state index contributed by atoms with van der Waals surface area (Å²) >= 11 is 1.26. The normalized spacial score (nSPS) is 14.2. The van der Waals surface area contributed by atoms with E-state index in [9.17, 15) is 13.2 Å². The Kier molecular flexibility index (Phi) is 5.79. The molecule has 1 fully saturated rings. The van der Waals surface area contributed by atoms with Crippen molar-refractivity contribution in [3.8, 4) is 11.1 Å². The van der Waals surface area contributed by atoms with E-state index < -0.39 is 15.9 Å². The molecule has 2 aromatic heterocycles. The van der Waals surface area contributed by atoms with Gasteiger partial charge in [-0.1, -0.05) is 32.0 Å². The average Bonchev–Trinajstić information content (AvgIpc) is 3.26. The number of aromatic nitrogens is 2. The van der Waals surface area contributed by atoms with Gasteiger partial charge >= 0.3 is 0 Å². The van der Waals surface area contributed by atoms with Crippen molar-refractivity contribution >= 4 is 27.3 Å². The molecule has 1 aromatic carbocycles. The van der Waals surface area contributed by atoms with Crippen LogP contribution in [0.5, 0.6) is 0 Å². The van der Waals surface area contributed by atoms with Gasteiger partial charge in [0.25, 0.3) is 10.0 Å². The molecule has 30 heavy (non-hydrogen) atoms. The molecule has 1 amide bonds. The summed E-state index contributed by atoms with van der Waals surface area (Å²) in [5.74, 6) is -0.161. The number of hydrogen-bond acceptors (Lipinski definition) is 5. The molecule has 3 aromatic rings. The maximum atomic E-state index is 13.1. The molecular weight excluding hydrogens is 418 g/mol. The summed E-state index contributed by atoms with van der Waals surface area (Å²) in [6.45, 7) is 4.86. The summed E-state index contributed by atoms with van der Waals surface area (Å²) in [5.41, 5.74) is 2.53. The SMILES string of the molecule is CC(C)Cc1cc(-c2cccc(Cn3ccnc3)c2)c(S(=O)(=O)NC(=O)C2CC2)s1. The number of thiophene rings is 1. The van der Waals surface area contributed by atoms with Crippen LogP contribution in [-0.4, -0.2) is 23.9 Å². The Morgan fingerprint density at radius 3 is 2.77 bits per heavy atom. The summed E-state index contributed by atoms with van der Waals surface area (Å²) in [5, 5.41) is 0. The van der Waals surface area contributed by atoms with Crippen LogP contribution in [0.4, 0.5) is 0 Å². The Morgan fingerprint density at radius 1 is 1.30 bits per heavy atom. The lowest BCUT2D eigenvalue weighted by molar-refractivity contribution is -0.120. The summed E-state index contributed by atoms with van der Waals surface area (Å²) in [6, 6.07) is 9.81. The van der Waals surface area contributed by atoms with Gasteiger partial charge in [-0.05, 0) is 48.4 Å². The molecule has 1 saturated carbocycles. The number of hydrogen-bond donors (Lipinski definition) is 1. The first-order valence-electron chi connectivity index (χ1n) is 10.1. The lowest BCUT2D eigenvalue weighted by Gasteiger charge is -2.09. The van der Waals surface area contributed by atoms with Gasteiger partial charge in [-0.25, -0.2) is 18.1 Å². The van der Waals surface area contributed by atoms with Crippen LogP contribution in [0.25, 0.3) is 11.1 Å². The van der Waals surface area contributed by atoms with Crippen molar-refractivity contribution in [1.82, 2.24) is 14.3 Å². The van der Waals surface area contributed by atoms with Crippen molar-refractivity contribution in [2.75, 3.05) is 0 Å². The van der Waals surface area contributed by atoms with Crippen LogP contribution < -0.4 is 4.72 Å². The number of amides is 1. The molecule has 4 rings (SSSR count). The Labute approximate surface area is 181 Å². The molecule has 0 aliphatic heterocycles. The highest BCUT2D eigenvalue weighted by molar-refractivity contribution is 7.92. The van der Waals surface area contributed by atoms with Crippen LogP contribution in [0.1, 0.15) is 37.1 Å². The molecular formula is C22H25N3O3S2. The number of rotatable bonds is 8. The number of imidazole rings is 1. The van der Waals surface area contributed by atoms with Crippen molar-refractivity contribution in [3.05, 3.63) is 59.5 Å². The molecule has 6 nitrogen and oxygen atoms in total. The molecule has 158 valence electrons. The first-order chi connectivity index (χ1) is 14.3. The van der Waals surface area contributed by atoms with Gasteiger partial charge in [0.05, 0.1) is 6.33 Å². The van der Waals surface area contributed by atoms with E-state index in [2.05, 4.69) is 23.6 Å². The first-order valence-corrected chi connectivity index (χ1v) is 12.4. The van der Waals surface area contributed by atoms with Crippen molar-refractivity contribution in [2.24, 2.45) is 11.8 Å². The predicted octanol–water partition coefficient (Wildman–Crippen LogP) is 4.07. The molecule has 0 saturated heterocycles. The minimum absolute atomic E-state index is 0.170. The highest BCUT2D eigenvalue weighted by atomic mass is 32.2. The zero-order valence-corrected chi connectivity index (χ0v) is 18.7. The van der Waals surface area contributed by atoms with E-state index in [0.29, 0.717) is 18.0 Å². The number of carbonyl (C=O) groups is 1. The third kappa shape index (κ3) is 4.82.